The number of hydrogen-bond donors (Lipinski definition) is 1. The van der Waals surface area contributed by atoms with E-state index in [2.05, 4.69) is 4.99 Å². The number of ether oxygens (including phenoxy) is 1. The fourth-order valence-corrected chi connectivity index (χ4v) is 1.81. The highest BCUT2D eigenvalue weighted by Crippen LogP contribution is 2.33. The van der Waals surface area contributed by atoms with E-state index < -0.39 is 0 Å². The first kappa shape index (κ1) is 10.6. The standard InChI is InChI=1S/C10H9Cl2NO2/c1-5-4-15-10(13-5)6-2-7(11)9(14)8(12)3-6/h2-3,5,14H,4H2,1H3. The molecule has 0 fully saturated rings. The molecule has 1 unspecified atom stereocenters. The molecule has 0 bridgehead atoms. The lowest BCUT2D eigenvalue weighted by Gasteiger charge is -2.05. The summed E-state index contributed by atoms with van der Waals surface area (Å²) in [6.45, 7) is 2.52. The van der Waals surface area contributed by atoms with E-state index in [1.807, 2.05) is 6.92 Å². The predicted molar refractivity (Wildman–Crippen MR) is 60.1 cm³/mol. The molecule has 1 atom stereocenters. The Kier molecular flexibility index (Phi) is 2.76. The van der Waals surface area contributed by atoms with Crippen molar-refractivity contribution in [2.24, 2.45) is 4.99 Å². The van der Waals surface area contributed by atoms with Gasteiger partial charge in [-0.2, -0.15) is 0 Å². The Balaban J connectivity index is 2.42. The molecule has 2 rings (SSSR count). The monoisotopic (exact) mass is 245 g/mol. The van der Waals surface area contributed by atoms with Crippen LogP contribution >= 0.6 is 23.2 Å². The molecular weight excluding hydrogens is 237 g/mol. The summed E-state index contributed by atoms with van der Waals surface area (Å²) >= 11 is 11.6. The van der Waals surface area contributed by atoms with Gasteiger partial charge in [0.05, 0.1) is 16.1 Å². The van der Waals surface area contributed by atoms with Crippen molar-refractivity contribution in [3.63, 3.8) is 0 Å². The maximum Gasteiger partial charge on any atom is 0.216 e. The normalized spacial score (nSPS) is 19.9. The van der Waals surface area contributed by atoms with Gasteiger partial charge in [-0.15, -0.1) is 0 Å². The average Bonchev–Trinajstić information content (AvgIpc) is 2.60. The van der Waals surface area contributed by atoms with Gasteiger partial charge in [-0.05, 0) is 19.1 Å². The Labute approximate surface area is 97.3 Å². The fourth-order valence-electron chi connectivity index (χ4n) is 1.32. The van der Waals surface area contributed by atoms with Gasteiger partial charge in [0.1, 0.15) is 6.61 Å². The molecule has 1 aromatic carbocycles. The smallest absolute Gasteiger partial charge is 0.216 e. The third-order valence-corrected chi connectivity index (χ3v) is 2.64. The Morgan fingerprint density at radius 2 is 2.00 bits per heavy atom. The lowest BCUT2D eigenvalue weighted by atomic mass is 10.2. The van der Waals surface area contributed by atoms with Gasteiger partial charge in [-0.1, -0.05) is 23.2 Å². The van der Waals surface area contributed by atoms with Crippen molar-refractivity contribution in [2.45, 2.75) is 13.0 Å². The van der Waals surface area contributed by atoms with Crippen molar-refractivity contribution in [2.75, 3.05) is 6.61 Å². The first-order valence-corrected chi connectivity index (χ1v) is 5.22. The molecule has 1 aromatic rings. The first-order valence-electron chi connectivity index (χ1n) is 4.47. The van der Waals surface area contributed by atoms with Gasteiger partial charge in [-0.3, -0.25) is 0 Å². The van der Waals surface area contributed by atoms with Crippen molar-refractivity contribution in [1.82, 2.24) is 0 Å². The third-order valence-electron chi connectivity index (χ3n) is 2.06. The van der Waals surface area contributed by atoms with Crippen LogP contribution in [0.5, 0.6) is 5.75 Å². The van der Waals surface area contributed by atoms with Crippen molar-refractivity contribution in [3.05, 3.63) is 27.7 Å². The summed E-state index contributed by atoms with van der Waals surface area (Å²) in [6, 6.07) is 3.31. The van der Waals surface area contributed by atoms with Crippen molar-refractivity contribution in [3.8, 4) is 5.75 Å². The van der Waals surface area contributed by atoms with E-state index in [0.29, 0.717) is 18.1 Å². The van der Waals surface area contributed by atoms with E-state index in [0.717, 1.165) is 0 Å². The van der Waals surface area contributed by atoms with Crippen LogP contribution in [-0.2, 0) is 4.74 Å². The van der Waals surface area contributed by atoms with Crippen molar-refractivity contribution < 1.29 is 9.84 Å². The zero-order valence-corrected chi connectivity index (χ0v) is 9.51. The number of aliphatic imine (C=N–C) groups is 1. The number of nitrogens with zero attached hydrogens (tertiary/aromatic N) is 1. The molecule has 5 heteroatoms. The van der Waals surface area contributed by atoms with E-state index in [1.165, 1.54) is 0 Å². The van der Waals surface area contributed by atoms with Crippen LogP contribution in [0.25, 0.3) is 0 Å². The molecule has 3 nitrogen and oxygen atoms in total. The van der Waals surface area contributed by atoms with E-state index in [9.17, 15) is 5.11 Å². The van der Waals surface area contributed by atoms with Crippen LogP contribution in [0, 0.1) is 0 Å². The van der Waals surface area contributed by atoms with E-state index in [1.54, 1.807) is 12.1 Å². The van der Waals surface area contributed by atoms with E-state index >= 15 is 0 Å². The van der Waals surface area contributed by atoms with Crippen LogP contribution in [-0.4, -0.2) is 23.7 Å². The fraction of sp³-hybridized carbons (Fsp3) is 0.300. The average molecular weight is 246 g/mol. The highest BCUT2D eigenvalue weighted by Gasteiger charge is 2.18. The highest BCUT2D eigenvalue weighted by molar-refractivity contribution is 6.37. The number of phenolic OH excluding ortho intramolecular Hbond substituents is 1. The summed E-state index contributed by atoms with van der Waals surface area (Å²) < 4.78 is 5.35. The topological polar surface area (TPSA) is 41.8 Å². The van der Waals surface area contributed by atoms with Crippen LogP contribution in [0.4, 0.5) is 0 Å². The lowest BCUT2D eigenvalue weighted by Crippen LogP contribution is -2.02. The Bertz CT molecular complexity index is 408. The highest BCUT2D eigenvalue weighted by atomic mass is 35.5. The number of rotatable bonds is 1. The largest absolute Gasteiger partial charge is 0.505 e. The van der Waals surface area contributed by atoms with Gasteiger partial charge >= 0.3 is 0 Å². The second-order valence-electron chi connectivity index (χ2n) is 3.38. The molecule has 1 heterocycles. The Hall–Kier alpha value is -0.930. The molecule has 0 aromatic heterocycles. The van der Waals surface area contributed by atoms with Crippen LogP contribution < -0.4 is 0 Å². The molecule has 0 saturated carbocycles. The van der Waals surface area contributed by atoms with Gasteiger partial charge in [0, 0.05) is 5.56 Å². The number of aromatic hydroxyl groups is 1. The Morgan fingerprint density at radius 3 is 2.47 bits per heavy atom. The summed E-state index contributed by atoms with van der Waals surface area (Å²) in [5.41, 5.74) is 0.687. The lowest BCUT2D eigenvalue weighted by molar-refractivity contribution is 0.324. The van der Waals surface area contributed by atoms with Gasteiger partial charge < -0.3 is 9.84 Å². The van der Waals surface area contributed by atoms with E-state index in [-0.39, 0.29) is 21.8 Å². The molecular formula is C10H9Cl2NO2. The van der Waals surface area contributed by atoms with Crippen LogP contribution in [0.15, 0.2) is 17.1 Å². The van der Waals surface area contributed by atoms with Gasteiger partial charge in [0.2, 0.25) is 5.90 Å². The molecule has 1 N–H and O–H groups in total. The Morgan fingerprint density at radius 1 is 1.40 bits per heavy atom. The minimum atomic E-state index is -0.117. The summed E-state index contributed by atoms with van der Waals surface area (Å²) in [5.74, 6) is 0.403. The zero-order chi connectivity index (χ0) is 11.0. The number of halogens is 2. The summed E-state index contributed by atoms with van der Waals surface area (Å²) in [7, 11) is 0. The van der Waals surface area contributed by atoms with Gasteiger partial charge in [-0.25, -0.2) is 4.99 Å². The minimum Gasteiger partial charge on any atom is -0.505 e. The van der Waals surface area contributed by atoms with Crippen molar-refractivity contribution >= 4 is 29.1 Å². The molecule has 0 spiro atoms. The molecule has 0 radical (unpaired) electrons. The molecule has 1 aliphatic heterocycles. The van der Waals surface area contributed by atoms with E-state index in [4.69, 9.17) is 27.9 Å². The number of hydrogen-bond acceptors (Lipinski definition) is 3. The molecule has 1 aliphatic rings. The molecule has 80 valence electrons. The summed E-state index contributed by atoms with van der Waals surface area (Å²) in [4.78, 5) is 4.27. The molecule has 0 saturated heterocycles. The zero-order valence-electron chi connectivity index (χ0n) is 8.00. The summed E-state index contributed by atoms with van der Waals surface area (Å²) in [5, 5.41) is 9.78. The maximum absolute atomic E-state index is 9.38. The van der Waals surface area contributed by atoms with Crippen LogP contribution in [0.3, 0.4) is 0 Å². The van der Waals surface area contributed by atoms with Crippen LogP contribution in [0.2, 0.25) is 10.0 Å². The summed E-state index contributed by atoms with van der Waals surface area (Å²) in [6.07, 6.45) is 0. The number of benzene rings is 1. The number of phenols is 1. The van der Waals surface area contributed by atoms with Gasteiger partial charge in [0.15, 0.2) is 5.75 Å². The second kappa shape index (κ2) is 3.91. The molecule has 0 amide bonds. The first-order chi connectivity index (χ1) is 7.08. The van der Waals surface area contributed by atoms with Crippen molar-refractivity contribution in [1.29, 1.82) is 0 Å². The predicted octanol–water partition coefficient (Wildman–Crippen LogP) is 2.86. The SMILES string of the molecule is CC1COC(c2cc(Cl)c(O)c(Cl)c2)=N1. The quantitative estimate of drug-likeness (QED) is 0.827. The molecule has 0 aliphatic carbocycles. The third kappa shape index (κ3) is 2.03. The van der Waals surface area contributed by atoms with Gasteiger partial charge in [0.25, 0.3) is 0 Å². The minimum absolute atomic E-state index is 0.117. The van der Waals surface area contributed by atoms with Crippen LogP contribution in [0.1, 0.15) is 12.5 Å². The molecule has 15 heavy (non-hydrogen) atoms. The second-order valence-corrected chi connectivity index (χ2v) is 4.20. The maximum atomic E-state index is 9.38.